The highest BCUT2D eigenvalue weighted by atomic mass is 32.2. The van der Waals surface area contributed by atoms with Gasteiger partial charge >= 0.3 is 5.97 Å². The van der Waals surface area contributed by atoms with Crippen molar-refractivity contribution in [3.05, 3.63) is 58.5 Å². The standard InChI is InChI=1S/C23H24N2O5S/c1-5-25-21(26)20(14-15-7-12-18(28-3)19(13-15)30-6-2)31-23(25)24-17-10-8-16(9-11-17)22(27)29-4/h7-14H,5-6H2,1-4H3/b20-14+,24-23?. The molecule has 0 aromatic heterocycles. The number of methoxy groups -OCH3 is 2. The Labute approximate surface area is 185 Å². The van der Waals surface area contributed by atoms with Gasteiger partial charge in [-0.15, -0.1) is 0 Å². The van der Waals surface area contributed by atoms with Crippen LogP contribution in [0.2, 0.25) is 0 Å². The fraction of sp³-hybridized carbons (Fsp3) is 0.261. The van der Waals surface area contributed by atoms with Crippen LogP contribution >= 0.6 is 11.8 Å². The zero-order valence-electron chi connectivity index (χ0n) is 17.9. The number of esters is 1. The normalized spacial score (nSPS) is 16.1. The minimum atomic E-state index is -0.407. The molecular formula is C23H24N2O5S. The van der Waals surface area contributed by atoms with E-state index in [1.165, 1.54) is 18.9 Å². The van der Waals surface area contributed by atoms with Gasteiger partial charge in [-0.2, -0.15) is 0 Å². The number of thioether (sulfide) groups is 1. The molecule has 3 rings (SSSR count). The molecule has 31 heavy (non-hydrogen) atoms. The van der Waals surface area contributed by atoms with Crippen LogP contribution in [-0.2, 0) is 9.53 Å². The quantitative estimate of drug-likeness (QED) is 0.466. The first kappa shape index (κ1) is 22.4. The number of amidine groups is 1. The highest BCUT2D eigenvalue weighted by Crippen LogP contribution is 2.35. The van der Waals surface area contributed by atoms with Crippen molar-refractivity contribution in [3.8, 4) is 11.5 Å². The lowest BCUT2D eigenvalue weighted by molar-refractivity contribution is -0.122. The first-order valence-electron chi connectivity index (χ1n) is 9.80. The average molecular weight is 441 g/mol. The smallest absolute Gasteiger partial charge is 0.337 e. The summed E-state index contributed by atoms with van der Waals surface area (Å²) in [7, 11) is 2.93. The Balaban J connectivity index is 1.88. The van der Waals surface area contributed by atoms with Crippen LogP contribution in [-0.4, -0.2) is 49.3 Å². The molecule has 1 heterocycles. The van der Waals surface area contributed by atoms with Crippen LogP contribution in [0.4, 0.5) is 5.69 Å². The third kappa shape index (κ3) is 5.08. The van der Waals surface area contributed by atoms with Crippen molar-refractivity contribution in [3.63, 3.8) is 0 Å². The van der Waals surface area contributed by atoms with Crippen molar-refractivity contribution in [1.29, 1.82) is 0 Å². The van der Waals surface area contributed by atoms with Gasteiger partial charge in [-0.3, -0.25) is 9.69 Å². The minimum absolute atomic E-state index is 0.105. The van der Waals surface area contributed by atoms with Gasteiger partial charge in [-0.25, -0.2) is 9.79 Å². The van der Waals surface area contributed by atoms with Gasteiger partial charge in [0.15, 0.2) is 16.7 Å². The molecule has 1 amide bonds. The van der Waals surface area contributed by atoms with E-state index >= 15 is 0 Å². The Kier molecular flexibility index (Phi) is 7.36. The molecular weight excluding hydrogens is 416 g/mol. The molecule has 0 saturated carbocycles. The van der Waals surface area contributed by atoms with E-state index in [0.717, 1.165) is 5.56 Å². The summed E-state index contributed by atoms with van der Waals surface area (Å²) in [5.74, 6) is 0.756. The van der Waals surface area contributed by atoms with Gasteiger partial charge in [0.2, 0.25) is 0 Å². The number of likely N-dealkylation sites (N-methyl/N-ethyl adjacent to an activating group) is 1. The van der Waals surface area contributed by atoms with E-state index in [1.54, 1.807) is 36.3 Å². The predicted molar refractivity (Wildman–Crippen MR) is 122 cm³/mol. The summed E-state index contributed by atoms with van der Waals surface area (Å²) in [5, 5.41) is 0.586. The molecule has 0 atom stereocenters. The van der Waals surface area contributed by atoms with E-state index in [4.69, 9.17) is 14.2 Å². The highest BCUT2D eigenvalue weighted by Gasteiger charge is 2.32. The molecule has 1 aliphatic heterocycles. The van der Waals surface area contributed by atoms with Gasteiger partial charge in [0.05, 0.1) is 37.0 Å². The maximum Gasteiger partial charge on any atom is 0.337 e. The molecule has 8 heteroatoms. The van der Waals surface area contributed by atoms with E-state index in [2.05, 4.69) is 4.99 Å². The van der Waals surface area contributed by atoms with E-state index in [9.17, 15) is 9.59 Å². The van der Waals surface area contributed by atoms with Crippen LogP contribution in [0.5, 0.6) is 11.5 Å². The Morgan fingerprint density at radius 1 is 1.10 bits per heavy atom. The zero-order valence-corrected chi connectivity index (χ0v) is 18.7. The predicted octanol–water partition coefficient (Wildman–Crippen LogP) is 4.50. The first-order valence-corrected chi connectivity index (χ1v) is 10.6. The van der Waals surface area contributed by atoms with Gasteiger partial charge in [-0.1, -0.05) is 6.07 Å². The largest absolute Gasteiger partial charge is 0.493 e. The van der Waals surface area contributed by atoms with Crippen LogP contribution in [0, 0.1) is 0 Å². The minimum Gasteiger partial charge on any atom is -0.493 e. The molecule has 162 valence electrons. The summed E-state index contributed by atoms with van der Waals surface area (Å²) in [6.07, 6.45) is 1.82. The summed E-state index contributed by atoms with van der Waals surface area (Å²) in [6.45, 7) is 4.81. The average Bonchev–Trinajstić information content (AvgIpc) is 3.07. The second-order valence-corrected chi connectivity index (χ2v) is 7.45. The summed E-state index contributed by atoms with van der Waals surface area (Å²) in [5.41, 5.74) is 1.92. The number of aliphatic imine (C=N–C) groups is 1. The molecule has 7 nitrogen and oxygen atoms in total. The molecule has 0 N–H and O–H groups in total. The lowest BCUT2D eigenvalue weighted by atomic mass is 10.2. The number of benzene rings is 2. The van der Waals surface area contributed by atoms with Crippen LogP contribution in [0.15, 0.2) is 52.4 Å². The topological polar surface area (TPSA) is 77.4 Å². The molecule has 0 spiro atoms. The number of hydrogen-bond acceptors (Lipinski definition) is 7. The molecule has 2 aromatic carbocycles. The number of carbonyl (C=O) groups is 2. The Morgan fingerprint density at radius 2 is 1.84 bits per heavy atom. The van der Waals surface area contributed by atoms with Gasteiger partial charge in [0, 0.05) is 6.54 Å². The number of rotatable bonds is 7. The van der Waals surface area contributed by atoms with Gasteiger partial charge < -0.3 is 14.2 Å². The molecule has 1 saturated heterocycles. The highest BCUT2D eigenvalue weighted by molar-refractivity contribution is 8.18. The number of nitrogens with zero attached hydrogens (tertiary/aromatic N) is 2. The number of amides is 1. The second-order valence-electron chi connectivity index (χ2n) is 6.44. The van der Waals surface area contributed by atoms with Gasteiger partial charge in [0.1, 0.15) is 0 Å². The summed E-state index contributed by atoms with van der Waals surface area (Å²) in [6, 6.07) is 12.3. The second kappa shape index (κ2) is 10.2. The summed E-state index contributed by atoms with van der Waals surface area (Å²) >= 11 is 1.31. The fourth-order valence-electron chi connectivity index (χ4n) is 2.97. The van der Waals surface area contributed by atoms with Crippen molar-refractivity contribution >= 4 is 40.6 Å². The van der Waals surface area contributed by atoms with E-state index < -0.39 is 5.97 Å². The number of hydrogen-bond donors (Lipinski definition) is 0. The molecule has 0 aliphatic carbocycles. The number of carbonyl (C=O) groups excluding carboxylic acids is 2. The molecule has 0 bridgehead atoms. The monoisotopic (exact) mass is 440 g/mol. The van der Waals surface area contributed by atoms with Crippen LogP contribution in [0.3, 0.4) is 0 Å². The molecule has 1 fully saturated rings. The van der Waals surface area contributed by atoms with E-state index in [-0.39, 0.29) is 5.91 Å². The van der Waals surface area contributed by atoms with Gasteiger partial charge in [-0.05, 0) is 73.6 Å². The maximum atomic E-state index is 12.9. The maximum absolute atomic E-state index is 12.9. The Morgan fingerprint density at radius 3 is 2.45 bits per heavy atom. The van der Waals surface area contributed by atoms with Crippen LogP contribution < -0.4 is 9.47 Å². The van der Waals surface area contributed by atoms with Crippen LogP contribution in [0.25, 0.3) is 6.08 Å². The fourth-order valence-corrected chi connectivity index (χ4v) is 4.04. The van der Waals surface area contributed by atoms with E-state index in [0.29, 0.717) is 46.0 Å². The van der Waals surface area contributed by atoms with E-state index in [1.807, 2.05) is 38.1 Å². The number of ether oxygens (including phenoxy) is 3. The molecule has 2 aromatic rings. The Bertz CT molecular complexity index is 1030. The van der Waals surface area contributed by atoms with Crippen molar-refractivity contribution < 1.29 is 23.8 Å². The zero-order chi connectivity index (χ0) is 22.4. The SMILES string of the molecule is CCOc1cc(/C=C2/SC(=Nc3ccc(C(=O)OC)cc3)N(CC)C2=O)ccc1OC. The van der Waals surface area contributed by atoms with Crippen molar-refractivity contribution in [1.82, 2.24) is 4.90 Å². The van der Waals surface area contributed by atoms with Crippen molar-refractivity contribution in [2.75, 3.05) is 27.4 Å². The third-order valence-electron chi connectivity index (χ3n) is 4.50. The lowest BCUT2D eigenvalue weighted by Gasteiger charge is -2.12. The Hall–Kier alpha value is -3.26. The lowest BCUT2D eigenvalue weighted by Crippen LogP contribution is -2.28. The van der Waals surface area contributed by atoms with Crippen LogP contribution in [0.1, 0.15) is 29.8 Å². The third-order valence-corrected chi connectivity index (χ3v) is 5.51. The summed E-state index contributed by atoms with van der Waals surface area (Å²) in [4.78, 5) is 31.3. The summed E-state index contributed by atoms with van der Waals surface area (Å²) < 4.78 is 15.7. The van der Waals surface area contributed by atoms with Crippen molar-refractivity contribution in [2.24, 2.45) is 4.99 Å². The molecule has 0 radical (unpaired) electrons. The molecule has 0 unspecified atom stereocenters. The first-order chi connectivity index (χ1) is 15.0. The van der Waals surface area contributed by atoms with Crippen molar-refractivity contribution in [2.45, 2.75) is 13.8 Å². The van der Waals surface area contributed by atoms with Gasteiger partial charge in [0.25, 0.3) is 5.91 Å². The molecule has 1 aliphatic rings.